The van der Waals surface area contributed by atoms with E-state index in [4.69, 9.17) is 9.47 Å². The smallest absolute Gasteiger partial charge is 0.220 e. The summed E-state index contributed by atoms with van der Waals surface area (Å²) in [4.78, 5) is 23.2. The Morgan fingerprint density at radius 3 is 2.84 bits per heavy atom. The summed E-state index contributed by atoms with van der Waals surface area (Å²) in [5.41, 5.74) is 0.584. The first-order valence-corrected chi connectivity index (χ1v) is 8.89. The van der Waals surface area contributed by atoms with Gasteiger partial charge in [0.05, 0.1) is 13.7 Å². The Morgan fingerprint density at radius 2 is 2.16 bits per heavy atom. The molecule has 2 rings (SSSR count). The van der Waals surface area contributed by atoms with Crippen LogP contribution in [0.25, 0.3) is 0 Å². The van der Waals surface area contributed by atoms with Crippen molar-refractivity contribution < 1.29 is 19.1 Å². The summed E-state index contributed by atoms with van der Waals surface area (Å²) in [7, 11) is 1.54. The molecule has 1 fully saturated rings. The summed E-state index contributed by atoms with van der Waals surface area (Å²) in [5, 5.41) is 6.29. The van der Waals surface area contributed by atoms with E-state index in [9.17, 15) is 9.59 Å². The second kappa shape index (κ2) is 10.0. The van der Waals surface area contributed by atoms with Gasteiger partial charge in [-0.1, -0.05) is 0 Å². The molecule has 138 valence electrons. The van der Waals surface area contributed by atoms with Crippen molar-refractivity contribution in [2.75, 3.05) is 33.4 Å². The fourth-order valence-electron chi connectivity index (χ4n) is 2.89. The van der Waals surface area contributed by atoms with Crippen molar-refractivity contribution in [2.45, 2.75) is 32.6 Å². The number of ketones is 1. The third-order valence-electron chi connectivity index (χ3n) is 4.41. The van der Waals surface area contributed by atoms with Gasteiger partial charge >= 0.3 is 0 Å². The standard InChI is InChI=1S/C19H28N2O4/c1-14(22)16-5-6-17(18(12-16)24-2)25-11-3-4-19(23)21-10-8-15-7-9-20-13-15/h5-6,12,15,20H,3-4,7-11,13H2,1-2H3,(H,21,23). The molecule has 1 amide bonds. The van der Waals surface area contributed by atoms with Crippen LogP contribution in [0.3, 0.4) is 0 Å². The second-order valence-electron chi connectivity index (χ2n) is 6.37. The van der Waals surface area contributed by atoms with Gasteiger partial charge in [-0.2, -0.15) is 0 Å². The van der Waals surface area contributed by atoms with E-state index < -0.39 is 0 Å². The van der Waals surface area contributed by atoms with E-state index in [1.165, 1.54) is 13.3 Å². The van der Waals surface area contributed by atoms with Crippen LogP contribution < -0.4 is 20.1 Å². The van der Waals surface area contributed by atoms with Gasteiger partial charge in [0.2, 0.25) is 5.91 Å². The average molecular weight is 348 g/mol. The number of nitrogens with one attached hydrogen (secondary N) is 2. The molecule has 1 atom stereocenters. The first-order valence-electron chi connectivity index (χ1n) is 8.89. The Bertz CT molecular complexity index is 583. The summed E-state index contributed by atoms with van der Waals surface area (Å²) in [6.45, 7) is 4.83. The van der Waals surface area contributed by atoms with E-state index in [1.807, 2.05) is 0 Å². The minimum atomic E-state index is -0.0186. The van der Waals surface area contributed by atoms with Crippen LogP contribution in [0.2, 0.25) is 0 Å². The molecule has 25 heavy (non-hydrogen) atoms. The number of amides is 1. The highest BCUT2D eigenvalue weighted by molar-refractivity contribution is 5.94. The van der Waals surface area contributed by atoms with Crippen molar-refractivity contribution in [3.05, 3.63) is 23.8 Å². The van der Waals surface area contributed by atoms with Gasteiger partial charge in [-0.25, -0.2) is 0 Å². The van der Waals surface area contributed by atoms with Crippen LogP contribution in [0.4, 0.5) is 0 Å². The molecule has 1 saturated heterocycles. The number of rotatable bonds is 10. The summed E-state index contributed by atoms with van der Waals surface area (Å²) >= 11 is 0. The highest BCUT2D eigenvalue weighted by Gasteiger charge is 2.14. The third-order valence-corrected chi connectivity index (χ3v) is 4.41. The van der Waals surface area contributed by atoms with Crippen LogP contribution >= 0.6 is 0 Å². The van der Waals surface area contributed by atoms with Gasteiger partial charge in [0.15, 0.2) is 17.3 Å². The predicted molar refractivity (Wildman–Crippen MR) is 96.3 cm³/mol. The Balaban J connectivity index is 1.64. The number of carbonyl (C=O) groups excluding carboxylic acids is 2. The maximum Gasteiger partial charge on any atom is 0.220 e. The summed E-state index contributed by atoms with van der Waals surface area (Å²) in [6, 6.07) is 5.11. The molecule has 1 aliphatic rings. The monoisotopic (exact) mass is 348 g/mol. The van der Waals surface area contributed by atoms with E-state index >= 15 is 0 Å². The third kappa shape index (κ3) is 6.38. The molecule has 6 nitrogen and oxygen atoms in total. The zero-order valence-electron chi connectivity index (χ0n) is 15.1. The van der Waals surface area contributed by atoms with Crippen molar-refractivity contribution >= 4 is 11.7 Å². The fourth-order valence-corrected chi connectivity index (χ4v) is 2.89. The fraction of sp³-hybridized carbons (Fsp3) is 0.579. The molecule has 6 heteroatoms. The van der Waals surface area contributed by atoms with E-state index in [-0.39, 0.29) is 11.7 Å². The van der Waals surface area contributed by atoms with Crippen LogP contribution in [0.15, 0.2) is 18.2 Å². The van der Waals surface area contributed by atoms with Crippen LogP contribution in [0, 0.1) is 5.92 Å². The van der Waals surface area contributed by atoms with E-state index in [0.717, 1.165) is 26.1 Å². The average Bonchev–Trinajstić information content (AvgIpc) is 3.12. The van der Waals surface area contributed by atoms with E-state index in [0.29, 0.717) is 42.4 Å². The van der Waals surface area contributed by atoms with Crippen molar-refractivity contribution in [1.82, 2.24) is 10.6 Å². The number of hydrogen-bond donors (Lipinski definition) is 2. The Labute approximate surface area is 149 Å². The highest BCUT2D eigenvalue weighted by atomic mass is 16.5. The van der Waals surface area contributed by atoms with Gasteiger partial charge in [-0.15, -0.1) is 0 Å². The lowest BCUT2D eigenvalue weighted by Crippen LogP contribution is -2.26. The van der Waals surface area contributed by atoms with Crippen LogP contribution in [0.5, 0.6) is 11.5 Å². The minimum absolute atomic E-state index is 0.0186. The van der Waals surface area contributed by atoms with Gasteiger partial charge in [0.25, 0.3) is 0 Å². The molecule has 2 N–H and O–H groups in total. The predicted octanol–water partition coefficient (Wildman–Crippen LogP) is 2.17. The maximum absolute atomic E-state index is 11.8. The van der Waals surface area contributed by atoms with E-state index in [1.54, 1.807) is 25.3 Å². The lowest BCUT2D eigenvalue weighted by molar-refractivity contribution is -0.121. The summed E-state index contributed by atoms with van der Waals surface area (Å²) in [6.07, 6.45) is 3.31. The van der Waals surface area contributed by atoms with Crippen molar-refractivity contribution in [2.24, 2.45) is 5.92 Å². The normalized spacial score (nSPS) is 16.5. The Hall–Kier alpha value is -2.08. The summed E-state index contributed by atoms with van der Waals surface area (Å²) in [5.74, 6) is 1.85. The summed E-state index contributed by atoms with van der Waals surface area (Å²) < 4.78 is 10.9. The molecule has 0 aliphatic carbocycles. The number of Topliss-reactive ketones (excluding diaryl/α,β-unsaturated/α-hetero) is 1. The number of methoxy groups -OCH3 is 1. The molecule has 1 heterocycles. The van der Waals surface area contributed by atoms with Gasteiger partial charge in [-0.05, 0) is 63.4 Å². The molecule has 0 aromatic heterocycles. The Kier molecular flexibility index (Phi) is 7.73. The maximum atomic E-state index is 11.8. The Morgan fingerprint density at radius 1 is 1.32 bits per heavy atom. The molecule has 1 aromatic rings. The lowest BCUT2D eigenvalue weighted by atomic mass is 10.1. The number of benzene rings is 1. The highest BCUT2D eigenvalue weighted by Crippen LogP contribution is 2.28. The molecule has 0 saturated carbocycles. The van der Waals surface area contributed by atoms with Gasteiger partial charge in [-0.3, -0.25) is 9.59 Å². The first-order chi connectivity index (χ1) is 12.1. The molecular weight excluding hydrogens is 320 g/mol. The molecule has 1 aliphatic heterocycles. The topological polar surface area (TPSA) is 76.7 Å². The zero-order chi connectivity index (χ0) is 18.1. The lowest BCUT2D eigenvalue weighted by Gasteiger charge is -2.12. The molecule has 1 aromatic carbocycles. The zero-order valence-corrected chi connectivity index (χ0v) is 15.1. The first kappa shape index (κ1) is 19.2. The number of hydrogen-bond acceptors (Lipinski definition) is 5. The van der Waals surface area contributed by atoms with Gasteiger partial charge < -0.3 is 20.1 Å². The van der Waals surface area contributed by atoms with Gasteiger partial charge in [0.1, 0.15) is 0 Å². The molecule has 0 radical (unpaired) electrons. The number of ether oxygens (including phenoxy) is 2. The quantitative estimate of drug-likeness (QED) is 0.501. The van der Waals surface area contributed by atoms with E-state index in [2.05, 4.69) is 10.6 Å². The van der Waals surface area contributed by atoms with Crippen molar-refractivity contribution in [3.8, 4) is 11.5 Å². The minimum Gasteiger partial charge on any atom is -0.493 e. The molecular formula is C19H28N2O4. The largest absolute Gasteiger partial charge is 0.493 e. The van der Waals surface area contributed by atoms with Crippen LogP contribution in [-0.2, 0) is 4.79 Å². The van der Waals surface area contributed by atoms with Crippen molar-refractivity contribution in [1.29, 1.82) is 0 Å². The second-order valence-corrected chi connectivity index (χ2v) is 6.37. The molecule has 1 unspecified atom stereocenters. The SMILES string of the molecule is COc1cc(C(C)=O)ccc1OCCCC(=O)NCCC1CCNC1. The number of carbonyl (C=O) groups is 2. The van der Waals surface area contributed by atoms with Crippen molar-refractivity contribution in [3.63, 3.8) is 0 Å². The molecule has 0 bridgehead atoms. The molecule has 0 spiro atoms. The van der Waals surface area contributed by atoms with Crippen LogP contribution in [0.1, 0.15) is 43.0 Å². The van der Waals surface area contributed by atoms with Crippen LogP contribution in [-0.4, -0.2) is 45.0 Å². The van der Waals surface area contributed by atoms with Gasteiger partial charge in [0, 0.05) is 18.5 Å².